The second kappa shape index (κ2) is 12.8. The highest BCUT2D eigenvalue weighted by atomic mass is 35.5. The minimum Gasteiger partial charge on any atom is -0.369 e. The summed E-state index contributed by atoms with van der Waals surface area (Å²) in [6.45, 7) is 2.94. The van der Waals surface area contributed by atoms with Crippen molar-refractivity contribution >= 4 is 44.3 Å². The van der Waals surface area contributed by atoms with Crippen molar-refractivity contribution in [1.29, 1.82) is 0 Å². The van der Waals surface area contributed by atoms with Crippen LogP contribution in [-0.2, 0) is 16.6 Å². The molecule has 2 heterocycles. The molecule has 0 atom stereocenters. The zero-order valence-electron chi connectivity index (χ0n) is 21.8. The highest BCUT2D eigenvalue weighted by Crippen LogP contribution is 2.29. The van der Waals surface area contributed by atoms with Crippen LogP contribution in [0.3, 0.4) is 0 Å². The van der Waals surface area contributed by atoms with Gasteiger partial charge in [0.05, 0.1) is 16.7 Å². The van der Waals surface area contributed by atoms with Crippen molar-refractivity contribution in [2.75, 3.05) is 30.3 Å². The van der Waals surface area contributed by atoms with Crippen LogP contribution in [0.25, 0.3) is 10.9 Å². The smallest absolute Gasteiger partial charge is 0.240 e. The van der Waals surface area contributed by atoms with Crippen molar-refractivity contribution in [1.82, 2.24) is 24.2 Å². The maximum absolute atomic E-state index is 12.6. The van der Waals surface area contributed by atoms with Gasteiger partial charge in [-0.1, -0.05) is 23.7 Å². The Morgan fingerprint density at radius 1 is 0.923 bits per heavy atom. The predicted octanol–water partition coefficient (Wildman–Crippen LogP) is 5.18. The van der Waals surface area contributed by atoms with Crippen LogP contribution in [0.2, 0.25) is 5.02 Å². The van der Waals surface area contributed by atoms with Gasteiger partial charge >= 0.3 is 0 Å². The Labute approximate surface area is 234 Å². The summed E-state index contributed by atoms with van der Waals surface area (Å²) in [7, 11) is -3.53. The summed E-state index contributed by atoms with van der Waals surface area (Å²) in [4.78, 5) is 13.9. The number of anilines is 2. The number of rotatable bonds is 12. The van der Waals surface area contributed by atoms with E-state index in [0.717, 1.165) is 68.5 Å². The summed E-state index contributed by atoms with van der Waals surface area (Å²) in [5.41, 5.74) is 0.906. The molecule has 2 aromatic carbocycles. The molecule has 0 bridgehead atoms. The van der Waals surface area contributed by atoms with Crippen LogP contribution in [0.1, 0.15) is 32.1 Å². The maximum atomic E-state index is 12.6. The van der Waals surface area contributed by atoms with Crippen molar-refractivity contribution in [2.45, 2.75) is 43.5 Å². The number of hydrogen-bond acceptors (Lipinski definition) is 7. The molecule has 5 rings (SSSR count). The van der Waals surface area contributed by atoms with Gasteiger partial charge in [-0.05, 0) is 80.3 Å². The Morgan fingerprint density at radius 2 is 1.67 bits per heavy atom. The average molecular weight is 568 g/mol. The number of nitrogens with zero attached hydrogens (tertiary/aromatic N) is 4. The number of aryl methyl sites for hydroxylation is 1. The molecular weight excluding hydrogens is 534 g/mol. The van der Waals surface area contributed by atoms with Gasteiger partial charge in [-0.2, -0.15) is 4.98 Å². The summed E-state index contributed by atoms with van der Waals surface area (Å²) in [5, 5.41) is 8.47. The van der Waals surface area contributed by atoms with E-state index < -0.39 is 10.0 Å². The maximum Gasteiger partial charge on any atom is 0.240 e. The van der Waals surface area contributed by atoms with E-state index in [4.69, 9.17) is 21.6 Å². The van der Waals surface area contributed by atoms with Gasteiger partial charge in [0.1, 0.15) is 5.82 Å². The fourth-order valence-electron chi connectivity index (χ4n) is 4.98. The first-order valence-electron chi connectivity index (χ1n) is 13.4. The topological polar surface area (TPSA) is 114 Å². The van der Waals surface area contributed by atoms with Crippen molar-refractivity contribution in [3.8, 4) is 0 Å². The van der Waals surface area contributed by atoms with Crippen molar-refractivity contribution in [3.05, 3.63) is 72.3 Å². The summed E-state index contributed by atoms with van der Waals surface area (Å²) in [5.74, 6) is 2.29. The Bertz CT molecular complexity index is 1460. The summed E-state index contributed by atoms with van der Waals surface area (Å²) >= 11 is 5.88. The standard InChI is InChI=1S/C28H34ClN7O2S/c29-23-10-12-24(13-11-23)39(37,38)33-19-22-8-6-21(7-9-22)18-32-28-34-26-5-2-1-4-25(26)27(35-28)31-14-3-16-36-17-15-30-20-36/h1-2,4-5,10-13,15,17,20-22,33H,3,6-9,14,16,18-19H2,(H2,31,32,34,35)/t21-,22-. The van der Waals surface area contributed by atoms with Crippen LogP contribution in [0.15, 0.2) is 72.1 Å². The number of fused-ring (bicyclic) bond motifs is 1. The van der Waals surface area contributed by atoms with Gasteiger partial charge in [-0.15, -0.1) is 0 Å². The molecule has 1 aliphatic rings. The highest BCUT2D eigenvalue weighted by molar-refractivity contribution is 7.89. The largest absolute Gasteiger partial charge is 0.369 e. The first kappa shape index (κ1) is 27.4. The van der Waals surface area contributed by atoms with E-state index in [9.17, 15) is 8.42 Å². The average Bonchev–Trinajstić information content (AvgIpc) is 3.47. The molecule has 1 fully saturated rings. The molecule has 0 radical (unpaired) electrons. The summed E-state index contributed by atoms with van der Waals surface area (Å²) in [6.07, 6.45) is 10.6. The van der Waals surface area contributed by atoms with Gasteiger partial charge in [-0.3, -0.25) is 0 Å². The molecule has 11 heteroatoms. The molecule has 3 N–H and O–H groups in total. The number of para-hydroxylation sites is 1. The first-order chi connectivity index (χ1) is 19.0. The molecule has 9 nitrogen and oxygen atoms in total. The Hall–Kier alpha value is -3.21. The first-order valence-corrected chi connectivity index (χ1v) is 15.3. The third-order valence-electron chi connectivity index (χ3n) is 7.25. The van der Waals surface area contributed by atoms with E-state index >= 15 is 0 Å². The summed E-state index contributed by atoms with van der Waals surface area (Å²) < 4.78 is 30.0. The van der Waals surface area contributed by atoms with Crippen molar-refractivity contribution < 1.29 is 8.42 Å². The zero-order chi connectivity index (χ0) is 27.1. The van der Waals surface area contributed by atoms with E-state index in [1.165, 1.54) is 12.1 Å². The molecule has 1 saturated carbocycles. The van der Waals surface area contributed by atoms with Crippen LogP contribution in [0.5, 0.6) is 0 Å². The predicted molar refractivity (Wildman–Crippen MR) is 155 cm³/mol. The second-order valence-corrected chi connectivity index (χ2v) is 12.3. The number of aromatic nitrogens is 4. The third kappa shape index (κ3) is 7.46. The lowest BCUT2D eigenvalue weighted by atomic mass is 9.82. The Balaban J connectivity index is 1.10. The SMILES string of the molecule is O=S(=O)(NC[C@H]1CC[C@H](CNc2nc(NCCCn3ccnc3)c3ccccc3n2)CC1)c1ccc(Cl)cc1. The monoisotopic (exact) mass is 567 g/mol. The molecule has 4 aromatic rings. The molecule has 206 valence electrons. The molecule has 0 aliphatic heterocycles. The van der Waals surface area contributed by atoms with Crippen molar-refractivity contribution in [2.24, 2.45) is 11.8 Å². The normalized spacial score (nSPS) is 17.8. The molecule has 0 unspecified atom stereocenters. The summed E-state index contributed by atoms with van der Waals surface area (Å²) in [6, 6.07) is 14.3. The number of nitrogens with one attached hydrogen (secondary N) is 3. The van der Waals surface area contributed by atoms with E-state index in [-0.39, 0.29) is 4.90 Å². The van der Waals surface area contributed by atoms with Crippen molar-refractivity contribution in [3.63, 3.8) is 0 Å². The number of halogens is 1. The molecule has 0 spiro atoms. The minimum atomic E-state index is -3.53. The molecule has 0 amide bonds. The van der Waals surface area contributed by atoms with Crippen LogP contribution in [0.4, 0.5) is 11.8 Å². The van der Waals surface area contributed by atoms with Crippen LogP contribution in [-0.4, -0.2) is 47.6 Å². The van der Waals surface area contributed by atoms with Crippen LogP contribution >= 0.6 is 11.6 Å². The lowest BCUT2D eigenvalue weighted by Crippen LogP contribution is -2.32. The highest BCUT2D eigenvalue weighted by Gasteiger charge is 2.23. The fraction of sp³-hybridized carbons (Fsp3) is 0.393. The van der Waals surface area contributed by atoms with Gasteiger partial charge in [0, 0.05) is 49.0 Å². The van der Waals surface area contributed by atoms with Gasteiger partial charge in [0.2, 0.25) is 16.0 Å². The molecule has 2 aromatic heterocycles. The van der Waals surface area contributed by atoms with Crippen LogP contribution in [0, 0.1) is 11.8 Å². The van der Waals surface area contributed by atoms with Gasteiger partial charge in [-0.25, -0.2) is 23.1 Å². The fourth-order valence-corrected chi connectivity index (χ4v) is 6.22. The van der Waals surface area contributed by atoms with Gasteiger partial charge in [0.25, 0.3) is 0 Å². The third-order valence-corrected chi connectivity index (χ3v) is 8.94. The number of hydrogen-bond donors (Lipinski definition) is 3. The quantitative estimate of drug-likeness (QED) is 0.202. The molecule has 39 heavy (non-hydrogen) atoms. The number of sulfonamides is 1. The van der Waals surface area contributed by atoms with E-state index in [1.54, 1.807) is 18.3 Å². The van der Waals surface area contributed by atoms with Crippen LogP contribution < -0.4 is 15.4 Å². The lowest BCUT2D eigenvalue weighted by molar-refractivity contribution is 0.284. The lowest BCUT2D eigenvalue weighted by Gasteiger charge is -2.28. The van der Waals surface area contributed by atoms with Gasteiger partial charge < -0.3 is 15.2 Å². The molecule has 0 saturated heterocycles. The van der Waals surface area contributed by atoms with Gasteiger partial charge in [0.15, 0.2) is 0 Å². The van der Waals surface area contributed by atoms with E-state index in [2.05, 4.69) is 24.9 Å². The van der Waals surface area contributed by atoms with E-state index in [0.29, 0.717) is 29.4 Å². The second-order valence-electron chi connectivity index (χ2n) is 10.1. The Morgan fingerprint density at radius 3 is 2.41 bits per heavy atom. The Kier molecular flexibility index (Phi) is 8.95. The molecular formula is C28H34ClN7O2S. The zero-order valence-corrected chi connectivity index (χ0v) is 23.3. The number of imidazole rings is 1. The molecule has 1 aliphatic carbocycles. The number of benzene rings is 2. The van der Waals surface area contributed by atoms with E-state index in [1.807, 2.05) is 36.8 Å². The minimum absolute atomic E-state index is 0.243.